The summed E-state index contributed by atoms with van der Waals surface area (Å²) in [5.41, 5.74) is 3.61. The van der Waals surface area contributed by atoms with E-state index < -0.39 is 0 Å². The van der Waals surface area contributed by atoms with Crippen molar-refractivity contribution in [2.45, 2.75) is 26.2 Å². The van der Waals surface area contributed by atoms with Gasteiger partial charge in [0.1, 0.15) is 11.5 Å². The predicted molar refractivity (Wildman–Crippen MR) is 92.9 cm³/mol. The Hall–Kier alpha value is -2.76. The molecule has 0 radical (unpaired) electrons. The molecule has 0 unspecified atom stereocenters. The van der Waals surface area contributed by atoms with Gasteiger partial charge in [0.05, 0.1) is 17.2 Å². The zero-order valence-electron chi connectivity index (χ0n) is 14.2. The molecule has 2 aromatic heterocycles. The van der Waals surface area contributed by atoms with E-state index in [4.69, 9.17) is 4.98 Å². The average Bonchev–Trinajstić information content (AvgIpc) is 2.92. The Morgan fingerprint density at radius 1 is 1.29 bits per heavy atom. The van der Waals surface area contributed by atoms with Crippen LogP contribution in [0.3, 0.4) is 0 Å². The molecule has 0 bridgehead atoms. The molecular formula is C18H21N5O. The molecule has 3 aromatic rings. The first-order valence-corrected chi connectivity index (χ1v) is 8.05. The number of hydrogen-bond donors (Lipinski definition) is 1. The van der Waals surface area contributed by atoms with Crippen LogP contribution in [0, 0.1) is 0 Å². The first kappa shape index (κ1) is 16.1. The molecule has 0 aliphatic heterocycles. The number of benzene rings is 1. The molecule has 0 aliphatic carbocycles. The van der Waals surface area contributed by atoms with E-state index in [0.29, 0.717) is 18.2 Å². The van der Waals surface area contributed by atoms with Gasteiger partial charge >= 0.3 is 0 Å². The Kier molecular flexibility index (Phi) is 4.55. The summed E-state index contributed by atoms with van der Waals surface area (Å²) in [6, 6.07) is 6.27. The molecule has 0 spiro atoms. The molecule has 124 valence electrons. The number of hydrogen-bond acceptors (Lipinski definition) is 4. The number of imidazole rings is 1. The fourth-order valence-electron chi connectivity index (χ4n) is 2.76. The van der Waals surface area contributed by atoms with E-state index in [9.17, 15) is 4.79 Å². The third-order valence-corrected chi connectivity index (χ3v) is 3.99. The highest BCUT2D eigenvalue weighted by molar-refractivity contribution is 5.91. The lowest BCUT2D eigenvalue weighted by Crippen LogP contribution is -2.26. The van der Waals surface area contributed by atoms with E-state index in [1.807, 2.05) is 7.05 Å². The van der Waals surface area contributed by atoms with Crippen molar-refractivity contribution in [3.05, 3.63) is 53.9 Å². The quantitative estimate of drug-likeness (QED) is 0.783. The smallest absolute Gasteiger partial charge is 0.271 e. The molecular weight excluding hydrogens is 302 g/mol. The fraction of sp³-hybridized carbons (Fsp3) is 0.333. The average molecular weight is 323 g/mol. The second kappa shape index (κ2) is 6.78. The van der Waals surface area contributed by atoms with Crippen molar-refractivity contribution in [3.63, 3.8) is 0 Å². The maximum Gasteiger partial charge on any atom is 0.271 e. The van der Waals surface area contributed by atoms with Gasteiger partial charge < -0.3 is 9.88 Å². The summed E-state index contributed by atoms with van der Waals surface area (Å²) >= 11 is 0. The maximum atomic E-state index is 11.9. The summed E-state index contributed by atoms with van der Waals surface area (Å²) in [4.78, 5) is 24.5. The summed E-state index contributed by atoms with van der Waals surface area (Å²) in [5.74, 6) is 1.26. The lowest BCUT2D eigenvalue weighted by Gasteiger charge is -2.05. The van der Waals surface area contributed by atoms with Crippen LogP contribution in [-0.4, -0.2) is 32.0 Å². The Balaban J connectivity index is 1.66. The maximum absolute atomic E-state index is 11.9. The third-order valence-electron chi connectivity index (χ3n) is 3.99. The van der Waals surface area contributed by atoms with Gasteiger partial charge in [0.15, 0.2) is 0 Å². The Morgan fingerprint density at radius 2 is 2.12 bits per heavy atom. The van der Waals surface area contributed by atoms with Crippen molar-refractivity contribution < 1.29 is 4.79 Å². The highest BCUT2D eigenvalue weighted by Crippen LogP contribution is 2.21. The van der Waals surface area contributed by atoms with Gasteiger partial charge in [-0.25, -0.2) is 9.97 Å². The Labute approximate surface area is 141 Å². The molecule has 6 nitrogen and oxygen atoms in total. The molecule has 0 saturated heterocycles. The second-order valence-corrected chi connectivity index (χ2v) is 6.10. The van der Waals surface area contributed by atoms with Crippen LogP contribution >= 0.6 is 0 Å². The van der Waals surface area contributed by atoms with E-state index in [1.165, 1.54) is 12.4 Å². The van der Waals surface area contributed by atoms with Crippen LogP contribution in [0.2, 0.25) is 0 Å². The number of fused-ring (bicyclic) bond motifs is 1. The zero-order chi connectivity index (χ0) is 17.1. The normalized spacial score (nSPS) is 11.2. The summed E-state index contributed by atoms with van der Waals surface area (Å²) in [6.07, 6.45) is 5.26. The molecule has 6 heteroatoms. The molecule has 0 atom stereocenters. The molecule has 1 N–H and O–H groups in total. The first-order valence-electron chi connectivity index (χ1n) is 8.05. The number of nitrogens with one attached hydrogen (secondary N) is 1. The largest absolute Gasteiger partial charge is 0.350 e. The van der Waals surface area contributed by atoms with Gasteiger partial charge in [-0.15, -0.1) is 0 Å². The molecule has 1 amide bonds. The topological polar surface area (TPSA) is 72.7 Å². The van der Waals surface area contributed by atoms with E-state index in [0.717, 1.165) is 28.8 Å². The minimum absolute atomic E-state index is 0.205. The van der Waals surface area contributed by atoms with Crippen molar-refractivity contribution >= 4 is 16.9 Å². The van der Waals surface area contributed by atoms with Gasteiger partial charge in [-0.3, -0.25) is 9.78 Å². The van der Waals surface area contributed by atoms with Gasteiger partial charge in [0.2, 0.25) is 0 Å². The number of aromatic nitrogens is 4. The predicted octanol–water partition coefficient (Wildman–Crippen LogP) is 2.46. The number of carbonyl (C=O) groups is 1. The lowest BCUT2D eigenvalue weighted by molar-refractivity contribution is 0.0948. The monoisotopic (exact) mass is 323 g/mol. The lowest BCUT2D eigenvalue weighted by atomic mass is 10.1. The molecule has 24 heavy (non-hydrogen) atoms. The van der Waals surface area contributed by atoms with E-state index in [1.54, 1.807) is 6.20 Å². The van der Waals surface area contributed by atoms with Crippen LogP contribution in [0.25, 0.3) is 11.0 Å². The first-order chi connectivity index (χ1) is 11.6. The second-order valence-electron chi connectivity index (χ2n) is 6.10. The van der Waals surface area contributed by atoms with Gasteiger partial charge in [0.25, 0.3) is 5.91 Å². The fourth-order valence-corrected chi connectivity index (χ4v) is 2.76. The molecule has 1 aromatic carbocycles. The number of carbonyl (C=O) groups excluding carboxylic acids is 1. The van der Waals surface area contributed by atoms with Crippen molar-refractivity contribution in [2.75, 3.05) is 6.54 Å². The molecule has 0 fully saturated rings. The summed E-state index contributed by atoms with van der Waals surface area (Å²) in [5, 5.41) is 2.86. The number of nitrogens with zero attached hydrogens (tertiary/aromatic N) is 4. The number of rotatable bonds is 5. The van der Waals surface area contributed by atoms with E-state index >= 15 is 0 Å². The van der Waals surface area contributed by atoms with Crippen LogP contribution in [0.5, 0.6) is 0 Å². The minimum Gasteiger partial charge on any atom is -0.350 e. The highest BCUT2D eigenvalue weighted by Gasteiger charge is 2.11. The van der Waals surface area contributed by atoms with E-state index in [-0.39, 0.29) is 5.91 Å². The van der Waals surface area contributed by atoms with Crippen LogP contribution in [0.15, 0.2) is 36.8 Å². The van der Waals surface area contributed by atoms with Crippen LogP contribution < -0.4 is 5.32 Å². The summed E-state index contributed by atoms with van der Waals surface area (Å²) in [7, 11) is 2.05. The minimum atomic E-state index is -0.205. The van der Waals surface area contributed by atoms with Crippen molar-refractivity contribution in [2.24, 2.45) is 7.05 Å². The summed E-state index contributed by atoms with van der Waals surface area (Å²) in [6.45, 7) is 4.83. The van der Waals surface area contributed by atoms with Crippen LogP contribution in [-0.2, 0) is 13.5 Å². The van der Waals surface area contributed by atoms with Gasteiger partial charge in [0, 0.05) is 31.9 Å². The Morgan fingerprint density at radius 3 is 2.83 bits per heavy atom. The Bertz CT molecular complexity index is 854. The van der Waals surface area contributed by atoms with Crippen molar-refractivity contribution in [1.82, 2.24) is 24.8 Å². The van der Waals surface area contributed by atoms with Gasteiger partial charge in [-0.2, -0.15) is 0 Å². The van der Waals surface area contributed by atoms with Gasteiger partial charge in [-0.1, -0.05) is 19.9 Å². The van der Waals surface area contributed by atoms with Crippen LogP contribution in [0.1, 0.15) is 41.6 Å². The molecule has 0 aliphatic rings. The zero-order valence-corrected chi connectivity index (χ0v) is 14.2. The van der Waals surface area contributed by atoms with Gasteiger partial charge in [-0.05, 0) is 24.1 Å². The summed E-state index contributed by atoms with van der Waals surface area (Å²) < 4.78 is 2.14. The SMILES string of the molecule is CC(C)c1nc2cc(CCNC(=O)c3cnccn3)ccc2n1C. The van der Waals surface area contributed by atoms with Crippen LogP contribution in [0.4, 0.5) is 0 Å². The molecule has 2 heterocycles. The number of amides is 1. The van der Waals surface area contributed by atoms with E-state index in [2.05, 4.69) is 51.9 Å². The highest BCUT2D eigenvalue weighted by atomic mass is 16.1. The number of aryl methyl sites for hydroxylation is 1. The van der Waals surface area contributed by atoms with Crippen molar-refractivity contribution in [3.8, 4) is 0 Å². The molecule has 3 rings (SSSR count). The molecule has 0 saturated carbocycles. The standard InChI is InChI=1S/C18H21N5O/c1-12(2)17-22-14-10-13(4-5-16(14)23(17)3)6-7-21-18(24)15-11-19-8-9-20-15/h4-5,8-12H,6-7H2,1-3H3,(H,21,24). The third kappa shape index (κ3) is 3.27. The van der Waals surface area contributed by atoms with Crippen molar-refractivity contribution in [1.29, 1.82) is 0 Å².